The van der Waals surface area contributed by atoms with Gasteiger partial charge in [0, 0.05) is 18.7 Å². The van der Waals surface area contributed by atoms with Crippen LogP contribution in [-0.2, 0) is 14.3 Å². The van der Waals surface area contributed by atoms with Crippen molar-refractivity contribution in [2.75, 3.05) is 20.3 Å². The van der Waals surface area contributed by atoms with E-state index in [0.717, 1.165) is 0 Å². The molecule has 160 valence electrons. The van der Waals surface area contributed by atoms with Crippen LogP contribution in [0.3, 0.4) is 0 Å². The van der Waals surface area contributed by atoms with Crippen LogP contribution in [-0.4, -0.2) is 48.1 Å². The van der Waals surface area contributed by atoms with Gasteiger partial charge in [-0.25, -0.2) is 0 Å². The van der Waals surface area contributed by atoms with Crippen LogP contribution < -0.4 is 4.74 Å². The molecule has 1 aliphatic rings. The number of aliphatic hydroxyl groups is 1. The smallest absolute Gasteiger partial charge is 0.295 e. The van der Waals surface area contributed by atoms with E-state index in [0.29, 0.717) is 42.4 Å². The number of ketones is 1. The Bertz CT molecular complexity index is 958. The summed E-state index contributed by atoms with van der Waals surface area (Å²) in [6, 6.07) is 9.40. The first-order chi connectivity index (χ1) is 14.3. The lowest BCUT2D eigenvalue weighted by Crippen LogP contribution is -2.31. The number of nitrogens with zero attached hydrogens (tertiary/aromatic N) is 1. The van der Waals surface area contributed by atoms with E-state index in [1.165, 1.54) is 12.0 Å². The summed E-state index contributed by atoms with van der Waals surface area (Å²) in [5, 5.41) is 11.0. The van der Waals surface area contributed by atoms with Gasteiger partial charge in [-0.1, -0.05) is 12.1 Å². The highest BCUT2D eigenvalue weighted by Gasteiger charge is 2.47. The van der Waals surface area contributed by atoms with E-state index in [-0.39, 0.29) is 17.4 Å². The number of benzene rings is 1. The van der Waals surface area contributed by atoms with Gasteiger partial charge in [-0.15, -0.1) is 0 Å². The lowest BCUT2D eigenvalue weighted by Gasteiger charge is -2.23. The minimum Gasteiger partial charge on any atom is -0.507 e. The summed E-state index contributed by atoms with van der Waals surface area (Å²) in [6.45, 7) is 6.42. The zero-order chi connectivity index (χ0) is 21.8. The molecule has 2 heterocycles. The molecule has 30 heavy (non-hydrogen) atoms. The number of methoxy groups -OCH3 is 1. The van der Waals surface area contributed by atoms with Crippen LogP contribution in [0.25, 0.3) is 5.76 Å². The Kier molecular flexibility index (Phi) is 6.62. The van der Waals surface area contributed by atoms with Crippen LogP contribution in [0.4, 0.5) is 0 Å². The van der Waals surface area contributed by atoms with Gasteiger partial charge in [-0.05, 0) is 51.5 Å². The molecule has 1 N–H and O–H groups in total. The van der Waals surface area contributed by atoms with Crippen LogP contribution >= 0.6 is 0 Å². The van der Waals surface area contributed by atoms with Crippen molar-refractivity contribution in [3.05, 3.63) is 59.1 Å². The molecule has 2 aromatic rings. The summed E-state index contributed by atoms with van der Waals surface area (Å²) in [5.41, 5.74) is 0.399. The van der Waals surface area contributed by atoms with Crippen molar-refractivity contribution in [1.82, 2.24) is 4.90 Å². The first-order valence-corrected chi connectivity index (χ1v) is 9.94. The maximum atomic E-state index is 12.9. The van der Waals surface area contributed by atoms with Crippen LogP contribution in [0.15, 0.2) is 46.4 Å². The maximum absolute atomic E-state index is 12.9. The van der Waals surface area contributed by atoms with Crippen molar-refractivity contribution in [3.63, 3.8) is 0 Å². The van der Waals surface area contributed by atoms with E-state index >= 15 is 0 Å². The number of carbonyl (C=O) groups excluding carboxylic acids is 2. The fourth-order valence-corrected chi connectivity index (χ4v) is 3.49. The molecule has 1 aromatic heterocycles. The number of hydrogen-bond acceptors (Lipinski definition) is 6. The lowest BCUT2D eigenvalue weighted by molar-refractivity contribution is -0.140. The van der Waals surface area contributed by atoms with Gasteiger partial charge in [0.1, 0.15) is 29.1 Å². The Hall–Kier alpha value is -3.06. The molecule has 3 rings (SSSR count). The first-order valence-electron chi connectivity index (χ1n) is 9.94. The number of hydrogen-bond donors (Lipinski definition) is 1. The van der Waals surface area contributed by atoms with Gasteiger partial charge in [0.2, 0.25) is 0 Å². The summed E-state index contributed by atoms with van der Waals surface area (Å²) in [6.07, 6.45) is 0.637. The molecule has 1 saturated heterocycles. The highest BCUT2D eigenvalue weighted by molar-refractivity contribution is 6.46. The Morgan fingerprint density at radius 3 is 2.63 bits per heavy atom. The minimum absolute atomic E-state index is 0.00683. The number of carbonyl (C=O) groups is 2. The third-order valence-electron chi connectivity index (χ3n) is 4.91. The van der Waals surface area contributed by atoms with Crippen LogP contribution in [0, 0.1) is 6.92 Å². The third-order valence-corrected chi connectivity index (χ3v) is 4.91. The van der Waals surface area contributed by atoms with Gasteiger partial charge >= 0.3 is 0 Å². The highest BCUT2D eigenvalue weighted by Crippen LogP contribution is 2.40. The number of ether oxygens (including phenoxy) is 2. The Labute approximate surface area is 175 Å². The molecule has 1 unspecified atom stereocenters. The molecule has 0 spiro atoms. The molecular weight excluding hydrogens is 386 g/mol. The van der Waals surface area contributed by atoms with Gasteiger partial charge in [0.25, 0.3) is 11.7 Å². The lowest BCUT2D eigenvalue weighted by atomic mass is 9.99. The molecular formula is C23H27NO6. The second-order valence-electron chi connectivity index (χ2n) is 7.45. The first kappa shape index (κ1) is 21.6. The third kappa shape index (κ3) is 4.41. The van der Waals surface area contributed by atoms with Crippen LogP contribution in [0.1, 0.15) is 43.4 Å². The zero-order valence-electron chi connectivity index (χ0n) is 17.7. The average Bonchev–Trinajstić information content (AvgIpc) is 3.26. The van der Waals surface area contributed by atoms with Crippen molar-refractivity contribution in [3.8, 4) is 5.75 Å². The van der Waals surface area contributed by atoms with E-state index in [4.69, 9.17) is 13.9 Å². The van der Waals surface area contributed by atoms with Crippen LogP contribution in [0.5, 0.6) is 5.75 Å². The number of Topliss-reactive ketones (excluding diaryl/α,β-unsaturated/α-hetero) is 1. The highest BCUT2D eigenvalue weighted by atomic mass is 16.5. The van der Waals surface area contributed by atoms with E-state index in [9.17, 15) is 14.7 Å². The van der Waals surface area contributed by atoms with Gasteiger partial charge in [0.05, 0.1) is 18.8 Å². The molecule has 7 heteroatoms. The predicted octanol–water partition coefficient (Wildman–Crippen LogP) is 3.83. The quantitative estimate of drug-likeness (QED) is 0.306. The van der Waals surface area contributed by atoms with Gasteiger partial charge in [-0.3, -0.25) is 9.59 Å². The van der Waals surface area contributed by atoms with Crippen LogP contribution in [0.2, 0.25) is 0 Å². The Balaban J connectivity index is 2.01. The number of likely N-dealkylation sites (tertiary alicyclic amines) is 1. The number of amides is 1. The minimum atomic E-state index is -0.802. The van der Waals surface area contributed by atoms with Crippen molar-refractivity contribution in [1.29, 1.82) is 0 Å². The van der Waals surface area contributed by atoms with Crippen molar-refractivity contribution < 1.29 is 28.6 Å². The largest absolute Gasteiger partial charge is 0.507 e. The Morgan fingerprint density at radius 2 is 2.00 bits per heavy atom. The van der Waals surface area contributed by atoms with Gasteiger partial charge in [0.15, 0.2) is 0 Å². The fourth-order valence-electron chi connectivity index (χ4n) is 3.49. The normalized spacial score (nSPS) is 18.4. The standard InChI is InChI=1S/C23H27NO6/c1-14(2)29-12-6-11-24-20(18-10-9-15(3)30-18)19(22(26)23(24)27)21(25)16-7-5-8-17(13-16)28-4/h5,7-10,13-14,20,25H,6,11-12H2,1-4H3/b21-19-. The van der Waals surface area contributed by atoms with Crippen molar-refractivity contribution in [2.45, 2.75) is 39.3 Å². The number of aryl methyl sites for hydroxylation is 1. The van der Waals surface area contributed by atoms with E-state index in [1.54, 1.807) is 43.3 Å². The molecule has 1 aromatic carbocycles. The zero-order valence-corrected chi connectivity index (χ0v) is 17.7. The Morgan fingerprint density at radius 1 is 1.23 bits per heavy atom. The predicted molar refractivity (Wildman–Crippen MR) is 111 cm³/mol. The number of furan rings is 1. The second-order valence-corrected chi connectivity index (χ2v) is 7.45. The fraction of sp³-hybridized carbons (Fsp3) is 0.391. The molecule has 0 aliphatic carbocycles. The van der Waals surface area contributed by atoms with Gasteiger partial charge < -0.3 is 23.9 Å². The maximum Gasteiger partial charge on any atom is 0.295 e. The molecule has 0 radical (unpaired) electrons. The summed E-state index contributed by atoms with van der Waals surface area (Å²) in [4.78, 5) is 27.2. The number of aliphatic hydroxyl groups excluding tert-OH is 1. The second kappa shape index (κ2) is 9.17. The molecule has 1 amide bonds. The SMILES string of the molecule is COc1cccc(/C(O)=C2/C(=O)C(=O)N(CCCOC(C)C)C2c2ccc(C)o2)c1. The van der Waals surface area contributed by atoms with Gasteiger partial charge in [-0.2, -0.15) is 0 Å². The summed E-state index contributed by atoms with van der Waals surface area (Å²) < 4.78 is 16.5. The molecule has 1 atom stereocenters. The summed E-state index contributed by atoms with van der Waals surface area (Å²) in [7, 11) is 1.52. The summed E-state index contributed by atoms with van der Waals surface area (Å²) >= 11 is 0. The van der Waals surface area contributed by atoms with Crippen molar-refractivity contribution in [2.24, 2.45) is 0 Å². The molecule has 1 aliphatic heterocycles. The molecule has 0 saturated carbocycles. The van der Waals surface area contributed by atoms with E-state index < -0.39 is 17.7 Å². The molecule has 7 nitrogen and oxygen atoms in total. The van der Waals surface area contributed by atoms with E-state index in [2.05, 4.69) is 0 Å². The average molecular weight is 413 g/mol. The monoisotopic (exact) mass is 413 g/mol. The molecule has 0 bridgehead atoms. The van der Waals surface area contributed by atoms with E-state index in [1.807, 2.05) is 13.8 Å². The molecule has 1 fully saturated rings. The topological polar surface area (TPSA) is 89.2 Å². The number of rotatable bonds is 8. The van der Waals surface area contributed by atoms with Crippen molar-refractivity contribution >= 4 is 17.4 Å². The summed E-state index contributed by atoms with van der Waals surface area (Å²) in [5.74, 6) is -0.0417.